The van der Waals surface area contributed by atoms with Crippen molar-refractivity contribution in [1.82, 2.24) is 15.2 Å². The predicted octanol–water partition coefficient (Wildman–Crippen LogP) is 2.33. The highest BCUT2D eigenvalue weighted by Gasteiger charge is 2.33. The number of pyridine rings is 1. The van der Waals surface area contributed by atoms with Gasteiger partial charge in [-0.15, -0.1) is 0 Å². The maximum absolute atomic E-state index is 15.0. The lowest BCUT2D eigenvalue weighted by molar-refractivity contribution is -0.119. The van der Waals surface area contributed by atoms with Crippen molar-refractivity contribution in [3.63, 3.8) is 0 Å². The Morgan fingerprint density at radius 3 is 2.68 bits per heavy atom. The molecule has 9 nitrogen and oxygen atoms in total. The maximum Gasteiger partial charge on any atom is 0.414 e. The molecule has 2 aliphatic heterocycles. The van der Waals surface area contributed by atoms with Crippen LogP contribution in [0.5, 0.6) is 5.75 Å². The van der Waals surface area contributed by atoms with Crippen molar-refractivity contribution in [3.05, 3.63) is 47.0 Å². The number of benzene rings is 1. The van der Waals surface area contributed by atoms with Gasteiger partial charge in [0.25, 0.3) is 0 Å². The van der Waals surface area contributed by atoms with Gasteiger partial charge >= 0.3 is 6.09 Å². The summed E-state index contributed by atoms with van der Waals surface area (Å²) in [5, 5.41) is 12.8. The van der Waals surface area contributed by atoms with Gasteiger partial charge in [-0.25, -0.2) is 9.18 Å². The molecule has 1 aromatic heterocycles. The molecule has 2 N–H and O–H groups in total. The molecule has 2 aliphatic rings. The molecule has 0 saturated carbocycles. The molecule has 10 heteroatoms. The SMILES string of the molecule is CC(=O)NC[C@H]1CN(c2ccc(N3CCN(Cc4cnc(C)c(O)c4C)CC3)c(F)c2)C(=O)O1. The molecule has 0 radical (unpaired) electrons. The van der Waals surface area contributed by atoms with Crippen molar-refractivity contribution in [2.45, 2.75) is 33.4 Å². The number of aryl methyl sites for hydroxylation is 1. The second-order valence-electron chi connectivity index (χ2n) is 8.79. The van der Waals surface area contributed by atoms with E-state index in [2.05, 4.69) is 15.2 Å². The fourth-order valence-electron chi connectivity index (χ4n) is 4.32. The van der Waals surface area contributed by atoms with Crippen molar-refractivity contribution in [2.24, 2.45) is 0 Å². The van der Waals surface area contributed by atoms with Gasteiger partial charge in [-0.3, -0.25) is 19.6 Å². The van der Waals surface area contributed by atoms with Gasteiger partial charge in [0, 0.05) is 45.8 Å². The van der Waals surface area contributed by atoms with Crippen LogP contribution in [0.3, 0.4) is 0 Å². The number of aromatic hydroxyl groups is 1. The number of nitrogens with one attached hydrogen (secondary N) is 1. The normalized spacial score (nSPS) is 18.8. The second-order valence-corrected chi connectivity index (χ2v) is 8.79. The van der Waals surface area contributed by atoms with Crippen LogP contribution in [0.25, 0.3) is 0 Å². The van der Waals surface area contributed by atoms with Crippen LogP contribution in [-0.4, -0.2) is 72.4 Å². The van der Waals surface area contributed by atoms with E-state index < -0.39 is 18.0 Å². The van der Waals surface area contributed by atoms with E-state index in [0.717, 1.165) is 24.2 Å². The molecule has 182 valence electrons. The number of aromatic nitrogens is 1. The molecule has 2 amide bonds. The van der Waals surface area contributed by atoms with Crippen molar-refractivity contribution in [1.29, 1.82) is 0 Å². The summed E-state index contributed by atoms with van der Waals surface area (Å²) in [6.07, 6.45) is 0.781. The molecule has 0 bridgehead atoms. The fourth-order valence-corrected chi connectivity index (χ4v) is 4.32. The largest absolute Gasteiger partial charge is 0.506 e. The number of ether oxygens (including phenoxy) is 1. The van der Waals surface area contributed by atoms with Crippen molar-refractivity contribution in [2.75, 3.05) is 49.1 Å². The predicted molar refractivity (Wildman–Crippen MR) is 126 cm³/mol. The summed E-state index contributed by atoms with van der Waals surface area (Å²) in [4.78, 5) is 33.2. The van der Waals surface area contributed by atoms with Gasteiger partial charge < -0.3 is 20.1 Å². The number of piperazine rings is 1. The highest BCUT2D eigenvalue weighted by atomic mass is 19.1. The van der Waals surface area contributed by atoms with Gasteiger partial charge in [0.05, 0.1) is 30.2 Å². The molecule has 1 aromatic carbocycles. The quantitative estimate of drug-likeness (QED) is 0.667. The number of hydrogen-bond donors (Lipinski definition) is 2. The Morgan fingerprint density at radius 1 is 1.26 bits per heavy atom. The van der Waals surface area contributed by atoms with Crippen molar-refractivity contribution < 1.29 is 23.8 Å². The smallest absolute Gasteiger partial charge is 0.414 e. The summed E-state index contributed by atoms with van der Waals surface area (Å²) in [6.45, 7) is 9.03. The lowest BCUT2D eigenvalue weighted by Gasteiger charge is -2.36. The molecule has 2 saturated heterocycles. The molecule has 4 rings (SSSR count). The average molecular weight is 472 g/mol. The van der Waals surface area contributed by atoms with Crippen LogP contribution in [0.2, 0.25) is 0 Å². The highest BCUT2D eigenvalue weighted by molar-refractivity contribution is 5.90. The molecule has 3 heterocycles. The lowest BCUT2D eigenvalue weighted by atomic mass is 10.1. The molecule has 34 heavy (non-hydrogen) atoms. The van der Waals surface area contributed by atoms with Crippen LogP contribution in [0.15, 0.2) is 24.4 Å². The number of halogens is 1. The summed E-state index contributed by atoms with van der Waals surface area (Å²) in [5.41, 5.74) is 3.38. The third-order valence-electron chi connectivity index (χ3n) is 6.40. The molecule has 2 fully saturated rings. The molecule has 0 unspecified atom stereocenters. The van der Waals surface area contributed by atoms with E-state index in [1.807, 2.05) is 11.8 Å². The summed E-state index contributed by atoms with van der Waals surface area (Å²) < 4.78 is 20.3. The van der Waals surface area contributed by atoms with Gasteiger partial charge in [-0.2, -0.15) is 0 Å². The minimum Gasteiger partial charge on any atom is -0.506 e. The summed E-state index contributed by atoms with van der Waals surface area (Å²) in [5.74, 6) is -0.358. The molecule has 2 aromatic rings. The van der Waals surface area contributed by atoms with E-state index in [1.54, 1.807) is 25.3 Å². The number of rotatable bonds is 6. The van der Waals surface area contributed by atoms with E-state index >= 15 is 4.39 Å². The summed E-state index contributed by atoms with van der Waals surface area (Å²) in [7, 11) is 0. The fraction of sp³-hybridized carbons (Fsp3) is 0.458. The van der Waals surface area contributed by atoms with Crippen LogP contribution in [-0.2, 0) is 16.1 Å². The van der Waals surface area contributed by atoms with E-state index in [4.69, 9.17) is 4.74 Å². The van der Waals surface area contributed by atoms with Gasteiger partial charge in [0.1, 0.15) is 17.7 Å². The Bertz CT molecular complexity index is 1090. The Labute approximate surface area is 198 Å². The van der Waals surface area contributed by atoms with Crippen LogP contribution < -0.4 is 15.1 Å². The Kier molecular flexibility index (Phi) is 6.87. The van der Waals surface area contributed by atoms with Gasteiger partial charge in [0.2, 0.25) is 5.91 Å². The minimum absolute atomic E-state index is 0.200. The second kappa shape index (κ2) is 9.84. The zero-order chi connectivity index (χ0) is 24.4. The summed E-state index contributed by atoms with van der Waals surface area (Å²) in [6, 6.07) is 4.77. The van der Waals surface area contributed by atoms with E-state index in [9.17, 15) is 14.7 Å². The number of hydrogen-bond acceptors (Lipinski definition) is 7. The monoisotopic (exact) mass is 471 g/mol. The molecule has 0 aliphatic carbocycles. The Balaban J connectivity index is 1.36. The first-order valence-electron chi connectivity index (χ1n) is 11.4. The van der Waals surface area contributed by atoms with Crippen LogP contribution in [0, 0.1) is 19.7 Å². The topological polar surface area (TPSA) is 98.2 Å². The standard InChI is InChI=1S/C24H30FN5O4/c1-15-18(11-26-16(2)23(15)32)13-28-6-8-29(9-7-28)22-5-4-19(10-21(22)25)30-14-20(34-24(30)33)12-27-17(3)31/h4-5,10-11,20,32H,6-9,12-14H2,1-3H3,(H,27,31)/t20-/m0/s1. The van der Waals surface area contributed by atoms with Crippen molar-refractivity contribution in [3.8, 4) is 5.75 Å². The highest BCUT2D eigenvalue weighted by Crippen LogP contribution is 2.29. The number of carbonyl (C=O) groups is 2. The first-order chi connectivity index (χ1) is 16.2. The van der Waals surface area contributed by atoms with E-state index in [-0.39, 0.29) is 24.7 Å². The number of cyclic esters (lactones) is 1. The average Bonchev–Trinajstić information content (AvgIpc) is 3.19. The Morgan fingerprint density at radius 2 is 2.00 bits per heavy atom. The van der Waals surface area contributed by atoms with Gasteiger partial charge in [-0.1, -0.05) is 0 Å². The first kappa shape index (κ1) is 23.7. The maximum atomic E-state index is 15.0. The Hall–Kier alpha value is -3.40. The first-order valence-corrected chi connectivity index (χ1v) is 11.4. The zero-order valence-electron chi connectivity index (χ0n) is 19.7. The minimum atomic E-state index is -0.553. The third-order valence-corrected chi connectivity index (χ3v) is 6.40. The number of carbonyl (C=O) groups excluding carboxylic acids is 2. The van der Waals surface area contributed by atoms with Crippen molar-refractivity contribution >= 4 is 23.4 Å². The van der Waals surface area contributed by atoms with Crippen LogP contribution >= 0.6 is 0 Å². The molecular weight excluding hydrogens is 441 g/mol. The van der Waals surface area contributed by atoms with E-state index in [0.29, 0.717) is 36.7 Å². The molecular formula is C24H30FN5O4. The lowest BCUT2D eigenvalue weighted by Crippen LogP contribution is -2.46. The van der Waals surface area contributed by atoms with E-state index in [1.165, 1.54) is 17.9 Å². The number of amides is 2. The number of nitrogens with zero attached hydrogens (tertiary/aromatic N) is 4. The molecule has 1 atom stereocenters. The van der Waals surface area contributed by atoms with Crippen LogP contribution in [0.4, 0.5) is 20.6 Å². The zero-order valence-corrected chi connectivity index (χ0v) is 19.7. The van der Waals surface area contributed by atoms with Crippen LogP contribution in [0.1, 0.15) is 23.7 Å². The third kappa shape index (κ3) is 5.06. The summed E-state index contributed by atoms with van der Waals surface area (Å²) >= 11 is 0. The number of anilines is 2. The van der Waals surface area contributed by atoms with Gasteiger partial charge in [0.15, 0.2) is 0 Å². The molecule has 0 spiro atoms. The van der Waals surface area contributed by atoms with Gasteiger partial charge in [-0.05, 0) is 43.2 Å².